The standard InChI is InChI=1S/C22H18N2O/c1-2-4-17(5-3-1)16-25-20-8-6-18(7-9-20)21-12-15-24-22(21)19-10-13-23-14-11-19/h1-15,24H,16H2. The molecule has 0 fully saturated rings. The van der Waals surface area contributed by atoms with E-state index in [1.807, 2.05) is 48.7 Å². The van der Waals surface area contributed by atoms with Gasteiger partial charge >= 0.3 is 0 Å². The Morgan fingerprint density at radius 3 is 2.28 bits per heavy atom. The highest BCUT2D eigenvalue weighted by Gasteiger charge is 2.08. The molecule has 2 aromatic carbocycles. The zero-order valence-corrected chi connectivity index (χ0v) is 13.7. The first-order valence-electron chi connectivity index (χ1n) is 8.25. The molecule has 1 N–H and O–H groups in total. The van der Waals surface area contributed by atoms with Crippen LogP contribution in [0.5, 0.6) is 5.75 Å². The van der Waals surface area contributed by atoms with E-state index < -0.39 is 0 Å². The van der Waals surface area contributed by atoms with E-state index in [9.17, 15) is 0 Å². The Bertz CT molecular complexity index is 929. The number of hydrogen-bond acceptors (Lipinski definition) is 2. The lowest BCUT2D eigenvalue weighted by molar-refractivity contribution is 0.306. The fourth-order valence-corrected chi connectivity index (χ4v) is 2.84. The third kappa shape index (κ3) is 3.45. The predicted molar refractivity (Wildman–Crippen MR) is 100 cm³/mol. The van der Waals surface area contributed by atoms with Crippen LogP contribution in [0, 0.1) is 0 Å². The van der Waals surface area contributed by atoms with E-state index in [2.05, 4.69) is 40.3 Å². The summed E-state index contributed by atoms with van der Waals surface area (Å²) in [6.45, 7) is 0.576. The maximum Gasteiger partial charge on any atom is 0.119 e. The second-order valence-electron chi connectivity index (χ2n) is 5.80. The van der Waals surface area contributed by atoms with Crippen LogP contribution >= 0.6 is 0 Å². The molecule has 122 valence electrons. The number of rotatable bonds is 5. The topological polar surface area (TPSA) is 37.9 Å². The Morgan fingerprint density at radius 1 is 0.760 bits per heavy atom. The van der Waals surface area contributed by atoms with Gasteiger partial charge in [-0.05, 0) is 41.5 Å². The zero-order chi connectivity index (χ0) is 16.9. The minimum absolute atomic E-state index is 0.576. The van der Waals surface area contributed by atoms with Crippen LogP contribution in [0.3, 0.4) is 0 Å². The Kier molecular flexibility index (Phi) is 4.29. The van der Waals surface area contributed by atoms with Gasteiger partial charge < -0.3 is 9.72 Å². The molecular formula is C22H18N2O. The van der Waals surface area contributed by atoms with Gasteiger partial charge in [-0.15, -0.1) is 0 Å². The Morgan fingerprint density at radius 2 is 1.52 bits per heavy atom. The first-order chi connectivity index (χ1) is 12.4. The largest absolute Gasteiger partial charge is 0.489 e. The third-order valence-electron chi connectivity index (χ3n) is 4.13. The molecule has 2 heterocycles. The second kappa shape index (κ2) is 7.05. The van der Waals surface area contributed by atoms with Crippen molar-refractivity contribution in [3.05, 3.63) is 97.0 Å². The molecule has 2 aromatic heterocycles. The third-order valence-corrected chi connectivity index (χ3v) is 4.13. The molecule has 25 heavy (non-hydrogen) atoms. The first kappa shape index (κ1) is 15.2. The number of benzene rings is 2. The van der Waals surface area contributed by atoms with Crippen molar-refractivity contribution < 1.29 is 4.74 Å². The molecule has 0 radical (unpaired) electrons. The summed E-state index contributed by atoms with van der Waals surface area (Å²) >= 11 is 0. The minimum Gasteiger partial charge on any atom is -0.489 e. The number of nitrogens with zero attached hydrogens (tertiary/aromatic N) is 1. The van der Waals surface area contributed by atoms with Crippen LogP contribution in [0.25, 0.3) is 22.4 Å². The summed E-state index contributed by atoms with van der Waals surface area (Å²) < 4.78 is 5.86. The van der Waals surface area contributed by atoms with Gasteiger partial charge in [-0.1, -0.05) is 42.5 Å². The van der Waals surface area contributed by atoms with Crippen molar-refractivity contribution in [2.75, 3.05) is 0 Å². The normalized spacial score (nSPS) is 10.6. The SMILES string of the molecule is c1ccc(COc2ccc(-c3cc[nH]c3-c3ccncc3)cc2)cc1. The predicted octanol–water partition coefficient (Wildman–Crippen LogP) is 5.32. The minimum atomic E-state index is 0.576. The monoisotopic (exact) mass is 326 g/mol. The lowest BCUT2D eigenvalue weighted by Gasteiger charge is -2.08. The van der Waals surface area contributed by atoms with E-state index in [0.29, 0.717) is 6.61 Å². The molecule has 4 rings (SSSR count). The molecule has 4 aromatic rings. The van der Waals surface area contributed by atoms with Crippen molar-refractivity contribution in [1.82, 2.24) is 9.97 Å². The Labute approximate surface area is 147 Å². The van der Waals surface area contributed by atoms with Gasteiger partial charge in [-0.25, -0.2) is 0 Å². The number of nitrogens with one attached hydrogen (secondary N) is 1. The summed E-state index contributed by atoms with van der Waals surface area (Å²) in [5, 5.41) is 0. The highest BCUT2D eigenvalue weighted by Crippen LogP contribution is 2.31. The van der Waals surface area contributed by atoms with Gasteiger partial charge in [0, 0.05) is 29.7 Å². The van der Waals surface area contributed by atoms with Gasteiger partial charge in [-0.3, -0.25) is 4.98 Å². The quantitative estimate of drug-likeness (QED) is 0.539. The van der Waals surface area contributed by atoms with Gasteiger partial charge in [0.1, 0.15) is 12.4 Å². The highest BCUT2D eigenvalue weighted by atomic mass is 16.5. The first-order valence-corrected chi connectivity index (χ1v) is 8.25. The van der Waals surface area contributed by atoms with Gasteiger partial charge in [0.2, 0.25) is 0 Å². The van der Waals surface area contributed by atoms with Gasteiger partial charge in [0.05, 0.1) is 5.69 Å². The molecule has 0 aliphatic carbocycles. The van der Waals surface area contributed by atoms with Crippen LogP contribution < -0.4 is 4.74 Å². The van der Waals surface area contributed by atoms with E-state index in [-0.39, 0.29) is 0 Å². The molecule has 0 unspecified atom stereocenters. The Hall–Kier alpha value is -3.33. The average Bonchev–Trinajstić information content (AvgIpc) is 3.18. The lowest BCUT2D eigenvalue weighted by atomic mass is 10.0. The van der Waals surface area contributed by atoms with Crippen LogP contribution in [0.1, 0.15) is 5.56 Å². The summed E-state index contributed by atoms with van der Waals surface area (Å²) in [4.78, 5) is 7.41. The summed E-state index contributed by atoms with van der Waals surface area (Å²) in [6.07, 6.45) is 5.58. The van der Waals surface area contributed by atoms with Gasteiger partial charge in [0.15, 0.2) is 0 Å². The van der Waals surface area contributed by atoms with Crippen molar-refractivity contribution in [3.63, 3.8) is 0 Å². The molecule has 0 saturated carbocycles. The van der Waals surface area contributed by atoms with Crippen LogP contribution in [0.4, 0.5) is 0 Å². The molecule has 0 spiro atoms. The summed E-state index contributed by atoms with van der Waals surface area (Å²) in [5.74, 6) is 0.869. The van der Waals surface area contributed by atoms with E-state index >= 15 is 0 Å². The number of hydrogen-bond donors (Lipinski definition) is 1. The lowest BCUT2D eigenvalue weighted by Crippen LogP contribution is -1.94. The zero-order valence-electron chi connectivity index (χ0n) is 13.7. The molecule has 0 bridgehead atoms. The Balaban J connectivity index is 1.52. The van der Waals surface area contributed by atoms with E-state index in [4.69, 9.17) is 4.74 Å². The van der Waals surface area contributed by atoms with Crippen LogP contribution in [-0.4, -0.2) is 9.97 Å². The second-order valence-corrected chi connectivity index (χ2v) is 5.80. The number of aromatic nitrogens is 2. The molecule has 0 aliphatic rings. The molecule has 3 heteroatoms. The van der Waals surface area contributed by atoms with E-state index in [1.54, 1.807) is 12.4 Å². The maximum absolute atomic E-state index is 5.86. The maximum atomic E-state index is 5.86. The van der Waals surface area contributed by atoms with Crippen molar-refractivity contribution in [3.8, 4) is 28.1 Å². The van der Waals surface area contributed by atoms with Crippen molar-refractivity contribution in [2.24, 2.45) is 0 Å². The molecule has 0 atom stereocenters. The van der Waals surface area contributed by atoms with Crippen LogP contribution in [0.2, 0.25) is 0 Å². The smallest absolute Gasteiger partial charge is 0.119 e. The molecular weight excluding hydrogens is 308 g/mol. The van der Waals surface area contributed by atoms with Gasteiger partial charge in [-0.2, -0.15) is 0 Å². The molecule has 3 nitrogen and oxygen atoms in total. The number of pyridine rings is 1. The van der Waals surface area contributed by atoms with Crippen molar-refractivity contribution in [2.45, 2.75) is 6.61 Å². The van der Waals surface area contributed by atoms with Crippen molar-refractivity contribution in [1.29, 1.82) is 0 Å². The van der Waals surface area contributed by atoms with Crippen LogP contribution in [0.15, 0.2) is 91.4 Å². The van der Waals surface area contributed by atoms with E-state index in [0.717, 1.165) is 28.1 Å². The van der Waals surface area contributed by atoms with Crippen molar-refractivity contribution >= 4 is 0 Å². The highest BCUT2D eigenvalue weighted by molar-refractivity contribution is 5.81. The number of aromatic amines is 1. The fraction of sp³-hybridized carbons (Fsp3) is 0.0455. The van der Waals surface area contributed by atoms with Crippen LogP contribution in [-0.2, 0) is 6.61 Å². The van der Waals surface area contributed by atoms with Gasteiger partial charge in [0.25, 0.3) is 0 Å². The fourth-order valence-electron chi connectivity index (χ4n) is 2.84. The summed E-state index contributed by atoms with van der Waals surface area (Å²) in [6, 6.07) is 24.5. The summed E-state index contributed by atoms with van der Waals surface area (Å²) in [5.41, 5.74) is 5.71. The summed E-state index contributed by atoms with van der Waals surface area (Å²) in [7, 11) is 0. The number of ether oxygens (including phenoxy) is 1. The molecule has 0 amide bonds. The molecule has 0 saturated heterocycles. The van der Waals surface area contributed by atoms with E-state index in [1.165, 1.54) is 5.56 Å². The average molecular weight is 326 g/mol. The number of H-pyrrole nitrogens is 1. The molecule has 0 aliphatic heterocycles.